The van der Waals surface area contributed by atoms with E-state index in [1.807, 2.05) is 36.7 Å². The van der Waals surface area contributed by atoms with E-state index in [9.17, 15) is 9.59 Å². The van der Waals surface area contributed by atoms with Gasteiger partial charge in [0.05, 0.1) is 12.2 Å². The number of nitrogens with zero attached hydrogens (tertiary/aromatic N) is 2. The van der Waals surface area contributed by atoms with Crippen LogP contribution in [0.1, 0.15) is 34.2 Å². The lowest BCUT2D eigenvalue weighted by Gasteiger charge is -2.09. The van der Waals surface area contributed by atoms with Crippen LogP contribution in [0, 0.1) is 13.8 Å². The number of aromatic nitrogens is 2. The van der Waals surface area contributed by atoms with E-state index in [0.29, 0.717) is 23.5 Å². The van der Waals surface area contributed by atoms with Crippen molar-refractivity contribution >= 4 is 23.2 Å². The van der Waals surface area contributed by atoms with Crippen LogP contribution in [0.15, 0.2) is 54.6 Å². The van der Waals surface area contributed by atoms with Gasteiger partial charge in [-0.05, 0) is 55.8 Å². The first-order chi connectivity index (χ1) is 12.9. The van der Waals surface area contributed by atoms with Gasteiger partial charge in [0.2, 0.25) is 5.91 Å². The average Bonchev–Trinajstić information content (AvgIpc) is 2.92. The first-order valence-corrected chi connectivity index (χ1v) is 8.70. The summed E-state index contributed by atoms with van der Waals surface area (Å²) < 4.78 is 1.94. The lowest BCUT2D eigenvalue weighted by atomic mass is 10.1. The zero-order chi connectivity index (χ0) is 19.4. The summed E-state index contributed by atoms with van der Waals surface area (Å²) in [5.74, 6) is -0.357. The smallest absolute Gasteiger partial charge is 0.255 e. The van der Waals surface area contributed by atoms with E-state index < -0.39 is 0 Å². The minimum Gasteiger partial charge on any atom is -0.326 e. The summed E-state index contributed by atoms with van der Waals surface area (Å²) in [6, 6.07) is 16.5. The first kappa shape index (κ1) is 18.4. The first-order valence-electron chi connectivity index (χ1n) is 8.70. The Morgan fingerprint density at radius 2 is 1.63 bits per heavy atom. The lowest BCUT2D eigenvalue weighted by Crippen LogP contribution is -2.13. The number of carbonyl (C=O) groups excluding carboxylic acids is 2. The molecule has 0 aliphatic carbocycles. The van der Waals surface area contributed by atoms with Gasteiger partial charge in [0.25, 0.3) is 5.91 Å². The maximum Gasteiger partial charge on any atom is 0.255 e. The molecule has 27 heavy (non-hydrogen) atoms. The van der Waals surface area contributed by atoms with E-state index in [-0.39, 0.29) is 11.8 Å². The Hall–Kier alpha value is -3.41. The Morgan fingerprint density at radius 3 is 2.22 bits per heavy atom. The van der Waals surface area contributed by atoms with E-state index in [4.69, 9.17) is 0 Å². The number of benzene rings is 2. The summed E-state index contributed by atoms with van der Waals surface area (Å²) in [5.41, 5.74) is 5.00. The van der Waals surface area contributed by atoms with E-state index in [1.165, 1.54) is 6.92 Å². The van der Waals surface area contributed by atoms with Gasteiger partial charge < -0.3 is 10.6 Å². The fourth-order valence-electron chi connectivity index (χ4n) is 2.85. The molecular formula is C21H22N4O2. The van der Waals surface area contributed by atoms with E-state index in [2.05, 4.69) is 15.7 Å². The number of carbonyl (C=O) groups is 2. The predicted molar refractivity (Wildman–Crippen MR) is 106 cm³/mol. The Morgan fingerprint density at radius 1 is 0.963 bits per heavy atom. The summed E-state index contributed by atoms with van der Waals surface area (Å²) in [6.45, 7) is 6.11. The molecule has 0 atom stereocenters. The summed E-state index contributed by atoms with van der Waals surface area (Å²) in [4.78, 5) is 23.6. The second kappa shape index (κ2) is 7.86. The number of amides is 2. The van der Waals surface area contributed by atoms with Crippen LogP contribution < -0.4 is 10.6 Å². The number of anilines is 2. The van der Waals surface area contributed by atoms with Gasteiger partial charge in [-0.2, -0.15) is 5.10 Å². The third kappa shape index (κ3) is 4.82. The monoisotopic (exact) mass is 362 g/mol. The molecule has 6 nitrogen and oxygen atoms in total. The van der Waals surface area contributed by atoms with Crippen LogP contribution in [-0.2, 0) is 11.3 Å². The number of nitrogens with one attached hydrogen (secondary N) is 2. The van der Waals surface area contributed by atoms with Crippen LogP contribution in [0.25, 0.3) is 0 Å². The van der Waals surface area contributed by atoms with Gasteiger partial charge in [0, 0.05) is 29.6 Å². The van der Waals surface area contributed by atoms with Gasteiger partial charge in [-0.1, -0.05) is 18.2 Å². The van der Waals surface area contributed by atoms with E-state index >= 15 is 0 Å². The molecule has 138 valence electrons. The maximum atomic E-state index is 12.5. The van der Waals surface area contributed by atoms with Gasteiger partial charge in [-0.25, -0.2) is 0 Å². The normalized spacial score (nSPS) is 10.5. The molecule has 0 aliphatic rings. The highest BCUT2D eigenvalue weighted by molar-refractivity contribution is 6.04. The predicted octanol–water partition coefficient (Wildman–Crippen LogP) is 3.76. The Balaban J connectivity index is 1.67. The second-order valence-corrected chi connectivity index (χ2v) is 6.50. The van der Waals surface area contributed by atoms with Crippen molar-refractivity contribution in [2.45, 2.75) is 27.3 Å². The Bertz CT molecular complexity index is 974. The van der Waals surface area contributed by atoms with Crippen LogP contribution >= 0.6 is 0 Å². The molecule has 0 spiro atoms. The topological polar surface area (TPSA) is 76.0 Å². The standard InChI is InChI=1S/C21H22N4O2/c1-14-11-15(2)25(24-14)13-17-7-9-18(10-8-17)21(27)23-20-6-4-5-19(12-20)22-16(3)26/h4-12H,13H2,1-3H3,(H,22,26)(H,23,27). The Kier molecular flexibility index (Phi) is 5.35. The molecule has 0 fully saturated rings. The maximum absolute atomic E-state index is 12.5. The average molecular weight is 362 g/mol. The van der Waals surface area contributed by atoms with Gasteiger partial charge in [0.1, 0.15) is 0 Å². The molecular weight excluding hydrogens is 340 g/mol. The minimum atomic E-state index is -0.201. The van der Waals surface area contributed by atoms with Gasteiger partial charge in [-0.3, -0.25) is 14.3 Å². The molecule has 3 aromatic rings. The van der Waals surface area contributed by atoms with Crippen LogP contribution in [0.2, 0.25) is 0 Å². The number of rotatable bonds is 5. The quantitative estimate of drug-likeness (QED) is 0.726. The fraction of sp³-hybridized carbons (Fsp3) is 0.190. The van der Waals surface area contributed by atoms with Crippen LogP contribution in [0.3, 0.4) is 0 Å². The zero-order valence-corrected chi connectivity index (χ0v) is 15.6. The van der Waals surface area contributed by atoms with Crippen LogP contribution in [-0.4, -0.2) is 21.6 Å². The molecule has 0 aliphatic heterocycles. The number of aryl methyl sites for hydroxylation is 2. The molecule has 6 heteroatoms. The van der Waals surface area contributed by atoms with Crippen molar-refractivity contribution in [3.05, 3.63) is 77.1 Å². The van der Waals surface area contributed by atoms with Crippen molar-refractivity contribution in [2.24, 2.45) is 0 Å². The van der Waals surface area contributed by atoms with Gasteiger partial charge in [-0.15, -0.1) is 0 Å². The molecule has 0 saturated carbocycles. The Labute approximate surface area is 158 Å². The third-order valence-electron chi connectivity index (χ3n) is 4.09. The SMILES string of the molecule is CC(=O)Nc1cccc(NC(=O)c2ccc(Cn3nc(C)cc3C)cc2)c1. The van der Waals surface area contributed by atoms with Crippen LogP contribution in [0.4, 0.5) is 11.4 Å². The minimum absolute atomic E-state index is 0.156. The highest BCUT2D eigenvalue weighted by Crippen LogP contribution is 2.16. The largest absolute Gasteiger partial charge is 0.326 e. The van der Waals surface area contributed by atoms with Crippen molar-refractivity contribution in [2.75, 3.05) is 10.6 Å². The van der Waals surface area contributed by atoms with E-state index in [1.54, 1.807) is 36.4 Å². The molecule has 0 bridgehead atoms. The fourth-order valence-corrected chi connectivity index (χ4v) is 2.85. The van der Waals surface area contributed by atoms with Crippen molar-refractivity contribution in [3.8, 4) is 0 Å². The van der Waals surface area contributed by atoms with Crippen molar-refractivity contribution in [1.29, 1.82) is 0 Å². The molecule has 2 N–H and O–H groups in total. The van der Waals surface area contributed by atoms with Crippen molar-refractivity contribution < 1.29 is 9.59 Å². The summed E-state index contributed by atoms with van der Waals surface area (Å²) in [6.07, 6.45) is 0. The van der Waals surface area contributed by atoms with Crippen LogP contribution in [0.5, 0.6) is 0 Å². The highest BCUT2D eigenvalue weighted by atomic mass is 16.2. The highest BCUT2D eigenvalue weighted by Gasteiger charge is 2.08. The molecule has 2 aromatic carbocycles. The van der Waals surface area contributed by atoms with E-state index in [0.717, 1.165) is 17.0 Å². The molecule has 1 heterocycles. The summed E-state index contributed by atoms with van der Waals surface area (Å²) in [7, 11) is 0. The lowest BCUT2D eigenvalue weighted by molar-refractivity contribution is -0.114. The van der Waals surface area contributed by atoms with Crippen molar-refractivity contribution in [3.63, 3.8) is 0 Å². The number of hydrogen-bond donors (Lipinski definition) is 2. The molecule has 3 rings (SSSR count). The molecule has 0 saturated heterocycles. The second-order valence-electron chi connectivity index (χ2n) is 6.50. The summed E-state index contributed by atoms with van der Waals surface area (Å²) >= 11 is 0. The molecule has 0 radical (unpaired) electrons. The molecule has 0 unspecified atom stereocenters. The van der Waals surface area contributed by atoms with Gasteiger partial charge >= 0.3 is 0 Å². The molecule has 1 aromatic heterocycles. The molecule has 2 amide bonds. The number of hydrogen-bond acceptors (Lipinski definition) is 3. The third-order valence-corrected chi connectivity index (χ3v) is 4.09. The van der Waals surface area contributed by atoms with Crippen molar-refractivity contribution in [1.82, 2.24) is 9.78 Å². The zero-order valence-electron chi connectivity index (χ0n) is 15.6. The van der Waals surface area contributed by atoms with Gasteiger partial charge in [0.15, 0.2) is 0 Å². The summed E-state index contributed by atoms with van der Waals surface area (Å²) in [5, 5.41) is 10.00.